The fourth-order valence-corrected chi connectivity index (χ4v) is 3.62. The molecule has 0 unspecified atom stereocenters. The molecule has 0 aromatic rings. The molecule has 2 rings (SSSR count). The van der Waals surface area contributed by atoms with E-state index in [-0.39, 0.29) is 24.4 Å². The number of amides is 4. The van der Waals surface area contributed by atoms with Crippen molar-refractivity contribution in [1.29, 1.82) is 0 Å². The van der Waals surface area contributed by atoms with E-state index in [0.29, 0.717) is 24.8 Å². The molecule has 0 spiro atoms. The van der Waals surface area contributed by atoms with Gasteiger partial charge in [-0.1, -0.05) is 26.7 Å². The molecule has 0 N–H and O–H groups in total. The number of imide groups is 1. The SMILES string of the molecule is CCC1(CC)CCN(C(=O)CCCN2C(=O)CN(C)C2=O)CC1. The van der Waals surface area contributed by atoms with Crippen LogP contribution >= 0.6 is 0 Å². The lowest BCUT2D eigenvalue weighted by Gasteiger charge is -2.41. The highest BCUT2D eigenvalue weighted by atomic mass is 16.2. The molecule has 6 nitrogen and oxygen atoms in total. The summed E-state index contributed by atoms with van der Waals surface area (Å²) in [6, 6.07) is -0.254. The van der Waals surface area contributed by atoms with Crippen LogP contribution in [0.15, 0.2) is 0 Å². The maximum atomic E-state index is 12.3. The van der Waals surface area contributed by atoms with Crippen molar-refractivity contribution in [1.82, 2.24) is 14.7 Å². The molecule has 23 heavy (non-hydrogen) atoms. The highest BCUT2D eigenvalue weighted by Gasteiger charge is 2.34. The number of likely N-dealkylation sites (N-methyl/N-ethyl adjacent to an activating group) is 1. The summed E-state index contributed by atoms with van der Waals surface area (Å²) in [6.07, 6.45) is 5.48. The zero-order valence-electron chi connectivity index (χ0n) is 14.6. The van der Waals surface area contributed by atoms with E-state index in [4.69, 9.17) is 0 Å². The fourth-order valence-electron chi connectivity index (χ4n) is 3.62. The molecule has 2 fully saturated rings. The zero-order chi connectivity index (χ0) is 17.0. The van der Waals surface area contributed by atoms with Gasteiger partial charge in [-0.15, -0.1) is 0 Å². The van der Waals surface area contributed by atoms with Gasteiger partial charge in [0.1, 0.15) is 6.54 Å². The summed E-state index contributed by atoms with van der Waals surface area (Å²) in [4.78, 5) is 40.4. The smallest absolute Gasteiger partial charge is 0.326 e. The maximum Gasteiger partial charge on any atom is 0.326 e. The van der Waals surface area contributed by atoms with Crippen LogP contribution in [0.4, 0.5) is 4.79 Å². The number of carbonyl (C=O) groups excluding carboxylic acids is 3. The Kier molecular flexibility index (Phi) is 5.65. The van der Waals surface area contributed by atoms with Crippen molar-refractivity contribution in [3.8, 4) is 0 Å². The standard InChI is InChI=1S/C17H29N3O3/c1-4-17(5-2)8-11-19(12-9-17)14(21)7-6-10-20-15(22)13-18(3)16(20)23/h4-13H2,1-3H3. The molecule has 2 aliphatic heterocycles. The second kappa shape index (κ2) is 7.32. The molecule has 0 aliphatic carbocycles. The number of likely N-dealkylation sites (tertiary alicyclic amines) is 1. The molecule has 0 bridgehead atoms. The van der Waals surface area contributed by atoms with Crippen molar-refractivity contribution >= 4 is 17.8 Å². The third kappa shape index (κ3) is 3.85. The molecule has 0 aromatic heterocycles. The summed E-state index contributed by atoms with van der Waals surface area (Å²) in [5.74, 6) is -0.0168. The van der Waals surface area contributed by atoms with Crippen LogP contribution in [0.1, 0.15) is 52.4 Å². The van der Waals surface area contributed by atoms with Gasteiger partial charge in [0.15, 0.2) is 0 Å². The number of urea groups is 1. The number of rotatable bonds is 6. The first-order valence-electron chi connectivity index (χ1n) is 8.75. The van der Waals surface area contributed by atoms with Crippen LogP contribution in [0, 0.1) is 5.41 Å². The Hall–Kier alpha value is -1.59. The van der Waals surface area contributed by atoms with Crippen LogP contribution in [0.3, 0.4) is 0 Å². The monoisotopic (exact) mass is 323 g/mol. The highest BCUT2D eigenvalue weighted by Crippen LogP contribution is 2.37. The molecule has 0 aromatic carbocycles. The Morgan fingerprint density at radius 3 is 2.22 bits per heavy atom. The van der Waals surface area contributed by atoms with Gasteiger partial charge in [-0.25, -0.2) is 4.79 Å². The van der Waals surface area contributed by atoms with Gasteiger partial charge in [0.25, 0.3) is 0 Å². The van der Waals surface area contributed by atoms with Crippen molar-refractivity contribution in [3.63, 3.8) is 0 Å². The van der Waals surface area contributed by atoms with Crippen molar-refractivity contribution < 1.29 is 14.4 Å². The van der Waals surface area contributed by atoms with E-state index < -0.39 is 0 Å². The molecular formula is C17H29N3O3. The lowest BCUT2D eigenvalue weighted by Crippen LogP contribution is -2.43. The molecule has 6 heteroatoms. The summed E-state index contributed by atoms with van der Waals surface area (Å²) < 4.78 is 0. The Morgan fingerprint density at radius 2 is 1.74 bits per heavy atom. The van der Waals surface area contributed by atoms with Gasteiger partial charge < -0.3 is 9.80 Å². The van der Waals surface area contributed by atoms with Crippen LogP contribution in [-0.4, -0.2) is 65.8 Å². The molecule has 4 amide bonds. The molecule has 2 aliphatic rings. The number of piperidine rings is 1. The average molecular weight is 323 g/mol. The van der Waals surface area contributed by atoms with Crippen LogP contribution in [0.5, 0.6) is 0 Å². The van der Waals surface area contributed by atoms with Crippen LogP contribution < -0.4 is 0 Å². The summed E-state index contributed by atoms with van der Waals surface area (Å²) in [5, 5.41) is 0. The number of nitrogens with zero attached hydrogens (tertiary/aromatic N) is 3. The summed E-state index contributed by atoms with van der Waals surface area (Å²) in [7, 11) is 1.62. The summed E-state index contributed by atoms with van der Waals surface area (Å²) in [5.41, 5.74) is 0.412. The van der Waals surface area contributed by atoms with E-state index in [2.05, 4.69) is 13.8 Å². The molecule has 0 radical (unpaired) electrons. The van der Waals surface area contributed by atoms with E-state index in [1.54, 1.807) is 7.05 Å². The predicted octanol–water partition coefficient (Wildman–Crippen LogP) is 2.09. The Balaban J connectivity index is 1.74. The van der Waals surface area contributed by atoms with Crippen LogP contribution in [-0.2, 0) is 9.59 Å². The summed E-state index contributed by atoms with van der Waals surface area (Å²) in [6.45, 7) is 6.64. The van der Waals surface area contributed by atoms with E-state index in [1.165, 1.54) is 22.6 Å². The molecule has 0 atom stereocenters. The summed E-state index contributed by atoms with van der Waals surface area (Å²) >= 11 is 0. The minimum atomic E-state index is -0.254. The highest BCUT2D eigenvalue weighted by molar-refractivity contribution is 6.01. The van der Waals surface area contributed by atoms with Crippen LogP contribution in [0.2, 0.25) is 0 Å². The Morgan fingerprint density at radius 1 is 1.13 bits per heavy atom. The van der Waals surface area contributed by atoms with Crippen molar-refractivity contribution in [3.05, 3.63) is 0 Å². The Labute approximate surface area is 138 Å². The first-order valence-corrected chi connectivity index (χ1v) is 8.75. The lowest BCUT2D eigenvalue weighted by atomic mass is 9.74. The minimum Gasteiger partial charge on any atom is -0.343 e. The number of hydrogen-bond donors (Lipinski definition) is 0. The molecule has 130 valence electrons. The van der Waals surface area contributed by atoms with Gasteiger partial charge in [-0.2, -0.15) is 0 Å². The topological polar surface area (TPSA) is 60.9 Å². The van der Waals surface area contributed by atoms with Gasteiger partial charge in [0.05, 0.1) is 0 Å². The second-order valence-electron chi connectivity index (χ2n) is 6.88. The van der Waals surface area contributed by atoms with E-state index in [1.807, 2.05) is 4.90 Å². The van der Waals surface area contributed by atoms with E-state index in [0.717, 1.165) is 25.9 Å². The third-order valence-electron chi connectivity index (χ3n) is 5.68. The Bertz CT molecular complexity index is 464. The van der Waals surface area contributed by atoms with E-state index >= 15 is 0 Å². The first-order chi connectivity index (χ1) is 10.9. The predicted molar refractivity (Wildman–Crippen MR) is 87.8 cm³/mol. The normalized spacial score (nSPS) is 21.3. The maximum absolute atomic E-state index is 12.3. The quantitative estimate of drug-likeness (QED) is 0.703. The number of hydrogen-bond acceptors (Lipinski definition) is 3. The molecule has 0 saturated carbocycles. The van der Waals surface area contributed by atoms with Crippen molar-refractivity contribution in [2.45, 2.75) is 52.4 Å². The average Bonchev–Trinajstić information content (AvgIpc) is 2.81. The zero-order valence-corrected chi connectivity index (χ0v) is 14.6. The fraction of sp³-hybridized carbons (Fsp3) is 0.824. The third-order valence-corrected chi connectivity index (χ3v) is 5.68. The van der Waals surface area contributed by atoms with Gasteiger partial charge >= 0.3 is 6.03 Å². The second-order valence-corrected chi connectivity index (χ2v) is 6.88. The van der Waals surface area contributed by atoms with Crippen LogP contribution in [0.25, 0.3) is 0 Å². The molecule has 2 heterocycles. The number of carbonyl (C=O) groups is 3. The van der Waals surface area contributed by atoms with Gasteiger partial charge in [-0.05, 0) is 24.7 Å². The van der Waals surface area contributed by atoms with Gasteiger partial charge in [-0.3, -0.25) is 14.5 Å². The van der Waals surface area contributed by atoms with Crippen molar-refractivity contribution in [2.24, 2.45) is 5.41 Å². The largest absolute Gasteiger partial charge is 0.343 e. The molecular weight excluding hydrogens is 294 g/mol. The van der Waals surface area contributed by atoms with Crippen molar-refractivity contribution in [2.75, 3.05) is 33.2 Å². The molecule has 2 saturated heterocycles. The van der Waals surface area contributed by atoms with Gasteiger partial charge in [0, 0.05) is 33.1 Å². The minimum absolute atomic E-state index is 0.148. The van der Waals surface area contributed by atoms with E-state index in [9.17, 15) is 14.4 Å². The lowest BCUT2D eigenvalue weighted by molar-refractivity contribution is -0.134. The van der Waals surface area contributed by atoms with Gasteiger partial charge in [0.2, 0.25) is 11.8 Å². The first kappa shape index (κ1) is 17.8.